The van der Waals surface area contributed by atoms with Crippen molar-refractivity contribution in [2.45, 2.75) is 33.5 Å². The minimum Gasteiger partial charge on any atom is -0.398 e. The molecule has 0 N–H and O–H groups in total. The molecule has 102 valence electrons. The number of oxime groups is 1. The Morgan fingerprint density at radius 1 is 1.21 bits per heavy atom. The fourth-order valence-corrected chi connectivity index (χ4v) is 4.26. The van der Waals surface area contributed by atoms with Crippen molar-refractivity contribution in [1.82, 2.24) is 0 Å². The Labute approximate surface area is 115 Å². The van der Waals surface area contributed by atoms with Gasteiger partial charge >= 0.3 is 0 Å². The maximum atomic E-state index is 12.6. The molecule has 0 bridgehead atoms. The average Bonchev–Trinajstić information content (AvgIpc) is 2.53. The summed E-state index contributed by atoms with van der Waals surface area (Å²) in [6.07, 6.45) is 0. The van der Waals surface area contributed by atoms with Gasteiger partial charge in [-0.2, -0.15) is 0 Å². The molecule has 0 fully saturated rings. The summed E-state index contributed by atoms with van der Waals surface area (Å²) in [6.45, 7) is 10.5. The lowest BCUT2D eigenvalue weighted by molar-refractivity contribution is -0.111. The van der Waals surface area contributed by atoms with Gasteiger partial charge in [0, 0.05) is 11.3 Å². The van der Waals surface area contributed by atoms with Crippen LogP contribution in [0.3, 0.4) is 0 Å². The summed E-state index contributed by atoms with van der Waals surface area (Å²) in [7, 11) is -0.339. The fraction of sp³-hybridized carbons (Fsp3) is 0.429. The molecule has 1 heterocycles. The van der Waals surface area contributed by atoms with E-state index in [1.807, 2.05) is 24.5 Å². The first-order chi connectivity index (χ1) is 8.77. The van der Waals surface area contributed by atoms with Crippen LogP contribution in [0.1, 0.15) is 16.7 Å². The molecule has 0 aliphatic carbocycles. The molecular weight excluding hydrogens is 256 g/mol. The van der Waals surface area contributed by atoms with Gasteiger partial charge < -0.3 is 9.40 Å². The van der Waals surface area contributed by atoms with E-state index in [0.717, 1.165) is 22.4 Å². The smallest absolute Gasteiger partial charge is 0.273 e. The van der Waals surface area contributed by atoms with E-state index in [-0.39, 0.29) is 5.91 Å². The zero-order valence-corrected chi connectivity index (χ0v) is 13.4. The number of amides is 1. The summed E-state index contributed by atoms with van der Waals surface area (Å²) in [4.78, 5) is 17.5. The number of carbonyl (C=O) groups is 1. The number of anilines is 1. The van der Waals surface area contributed by atoms with Crippen LogP contribution in [-0.2, 0) is 9.63 Å². The second-order valence-corrected chi connectivity index (χ2v) is 10.7. The predicted octanol–water partition coefficient (Wildman–Crippen LogP) is 2.84. The van der Waals surface area contributed by atoms with Crippen LogP contribution in [0.15, 0.2) is 17.3 Å². The number of nitrogens with zero attached hydrogens (tertiary/aromatic N) is 2. The first-order valence-electron chi connectivity index (χ1n) is 6.34. The molecular formula is C14H20N2O2Si. The van der Waals surface area contributed by atoms with Gasteiger partial charge in [0.1, 0.15) is 7.11 Å². The lowest BCUT2D eigenvalue weighted by Gasteiger charge is -2.31. The van der Waals surface area contributed by atoms with Gasteiger partial charge in [-0.25, -0.2) is 0 Å². The van der Waals surface area contributed by atoms with Gasteiger partial charge in [-0.15, -0.1) is 0 Å². The molecule has 0 saturated carbocycles. The SMILES string of the molecule is CO/N=C1\C(=O)N([Si](C)(C)C)c2c(C)cc(C)cc21. The molecule has 0 unspecified atom stereocenters. The normalized spacial score (nSPS) is 17.1. The van der Waals surface area contributed by atoms with Gasteiger partial charge in [0.15, 0.2) is 13.9 Å². The highest BCUT2D eigenvalue weighted by atomic mass is 28.3. The zero-order chi connectivity index (χ0) is 14.4. The molecule has 5 heteroatoms. The van der Waals surface area contributed by atoms with E-state index >= 15 is 0 Å². The van der Waals surface area contributed by atoms with E-state index in [4.69, 9.17) is 4.84 Å². The highest BCUT2D eigenvalue weighted by molar-refractivity contribution is 6.87. The quantitative estimate of drug-likeness (QED) is 0.615. The van der Waals surface area contributed by atoms with E-state index in [1.165, 1.54) is 7.11 Å². The van der Waals surface area contributed by atoms with Gasteiger partial charge in [0.2, 0.25) is 0 Å². The second-order valence-electron chi connectivity index (χ2n) is 5.91. The van der Waals surface area contributed by atoms with Crippen molar-refractivity contribution >= 4 is 25.5 Å². The average molecular weight is 276 g/mol. The van der Waals surface area contributed by atoms with Gasteiger partial charge in [0.05, 0.1) is 0 Å². The number of fused-ring (bicyclic) bond motifs is 1. The first-order valence-corrected chi connectivity index (χ1v) is 9.79. The van der Waals surface area contributed by atoms with Crippen LogP contribution >= 0.6 is 0 Å². The summed E-state index contributed by atoms with van der Waals surface area (Å²) >= 11 is 0. The Bertz CT molecular complexity index is 574. The molecule has 19 heavy (non-hydrogen) atoms. The Morgan fingerprint density at radius 3 is 2.37 bits per heavy atom. The van der Waals surface area contributed by atoms with Gasteiger partial charge in [-0.05, 0) is 25.5 Å². The van der Waals surface area contributed by atoms with Gasteiger partial charge in [-0.1, -0.05) is 36.4 Å². The van der Waals surface area contributed by atoms with E-state index in [2.05, 4.69) is 30.9 Å². The third kappa shape index (κ3) is 2.18. The lowest BCUT2D eigenvalue weighted by Crippen LogP contribution is -2.49. The number of hydrogen-bond acceptors (Lipinski definition) is 3. The molecule has 1 aliphatic heterocycles. The summed E-state index contributed by atoms with van der Waals surface area (Å²) in [5, 5.41) is 3.94. The number of hydrogen-bond donors (Lipinski definition) is 0. The number of rotatable bonds is 2. The Hall–Kier alpha value is -1.62. The molecule has 0 spiro atoms. The summed E-state index contributed by atoms with van der Waals surface area (Å²) in [5.41, 5.74) is 4.57. The molecule has 1 aliphatic rings. The third-order valence-corrected chi connectivity index (χ3v) is 4.95. The molecule has 0 aromatic heterocycles. The van der Waals surface area contributed by atoms with Crippen molar-refractivity contribution in [1.29, 1.82) is 0 Å². The van der Waals surface area contributed by atoms with Crippen molar-refractivity contribution < 1.29 is 9.63 Å². The third-order valence-electron chi connectivity index (χ3n) is 3.18. The number of benzene rings is 1. The second kappa shape index (κ2) is 4.49. The Morgan fingerprint density at radius 2 is 1.84 bits per heavy atom. The molecule has 4 nitrogen and oxygen atoms in total. The molecule has 1 aromatic carbocycles. The monoisotopic (exact) mass is 276 g/mol. The highest BCUT2D eigenvalue weighted by Gasteiger charge is 2.42. The van der Waals surface area contributed by atoms with E-state index < -0.39 is 8.24 Å². The largest absolute Gasteiger partial charge is 0.398 e. The maximum Gasteiger partial charge on any atom is 0.273 e. The molecule has 0 radical (unpaired) electrons. The van der Waals surface area contributed by atoms with Crippen molar-refractivity contribution in [3.63, 3.8) is 0 Å². The fourth-order valence-electron chi connectivity index (χ4n) is 2.58. The minimum atomic E-state index is -1.81. The topological polar surface area (TPSA) is 41.9 Å². The summed E-state index contributed by atoms with van der Waals surface area (Å²) in [6, 6.07) is 4.12. The number of aryl methyl sites for hydroxylation is 2. The Kier molecular flexibility index (Phi) is 3.26. The standard InChI is InChI=1S/C14H20N2O2Si/c1-9-7-10(2)13-11(8-9)12(15-18-3)14(17)16(13)19(4,5)6/h7-8H,1-6H3/b15-12-. The van der Waals surface area contributed by atoms with Crippen LogP contribution < -0.4 is 4.57 Å². The van der Waals surface area contributed by atoms with Crippen LogP contribution in [0.2, 0.25) is 19.6 Å². The van der Waals surface area contributed by atoms with Crippen LogP contribution in [0.4, 0.5) is 5.69 Å². The molecule has 2 rings (SSSR count). The number of carbonyl (C=O) groups excluding carboxylic acids is 1. The van der Waals surface area contributed by atoms with E-state index in [9.17, 15) is 4.79 Å². The summed E-state index contributed by atoms with van der Waals surface area (Å²) in [5.74, 6) is -0.0373. The van der Waals surface area contributed by atoms with E-state index in [1.54, 1.807) is 0 Å². The zero-order valence-electron chi connectivity index (χ0n) is 12.4. The maximum absolute atomic E-state index is 12.6. The first kappa shape index (κ1) is 13.8. The van der Waals surface area contributed by atoms with Gasteiger partial charge in [0.25, 0.3) is 5.91 Å². The van der Waals surface area contributed by atoms with Crippen LogP contribution in [-0.4, -0.2) is 27.0 Å². The van der Waals surface area contributed by atoms with Crippen LogP contribution in [0, 0.1) is 13.8 Å². The molecule has 0 saturated heterocycles. The predicted molar refractivity (Wildman–Crippen MR) is 80.3 cm³/mol. The molecule has 0 atom stereocenters. The Balaban J connectivity index is 2.75. The lowest BCUT2D eigenvalue weighted by atomic mass is 10.0. The van der Waals surface area contributed by atoms with Crippen molar-refractivity contribution in [3.05, 3.63) is 28.8 Å². The van der Waals surface area contributed by atoms with Crippen molar-refractivity contribution in [3.8, 4) is 0 Å². The molecule has 1 amide bonds. The molecule has 1 aromatic rings. The van der Waals surface area contributed by atoms with Crippen LogP contribution in [0.25, 0.3) is 0 Å². The summed E-state index contributed by atoms with van der Waals surface area (Å²) < 4.78 is 1.94. The minimum absolute atomic E-state index is 0.0373. The van der Waals surface area contributed by atoms with Crippen molar-refractivity contribution in [2.24, 2.45) is 5.16 Å². The van der Waals surface area contributed by atoms with Gasteiger partial charge in [-0.3, -0.25) is 4.79 Å². The van der Waals surface area contributed by atoms with Crippen molar-refractivity contribution in [2.75, 3.05) is 11.7 Å². The highest BCUT2D eigenvalue weighted by Crippen LogP contribution is 2.37. The van der Waals surface area contributed by atoms with E-state index in [0.29, 0.717) is 5.71 Å². The van der Waals surface area contributed by atoms with Crippen LogP contribution in [0.5, 0.6) is 0 Å².